The van der Waals surface area contributed by atoms with Gasteiger partial charge in [-0.2, -0.15) is 0 Å². The highest BCUT2D eigenvalue weighted by molar-refractivity contribution is 7.90. The molecular weight excluding hydrogens is 398 g/mol. The highest BCUT2D eigenvalue weighted by Crippen LogP contribution is 2.26. The number of aliphatic imine (C=N–C) groups is 1. The molecule has 1 aliphatic rings. The topological polar surface area (TPSA) is 79.8 Å². The van der Waals surface area contributed by atoms with Gasteiger partial charge in [0.15, 0.2) is 15.8 Å². The predicted molar refractivity (Wildman–Crippen MR) is 121 cm³/mol. The predicted octanol–water partition coefficient (Wildman–Crippen LogP) is 3.59. The summed E-state index contributed by atoms with van der Waals surface area (Å²) in [6.45, 7) is 2.97. The lowest BCUT2D eigenvalue weighted by Crippen LogP contribution is -2.36. The lowest BCUT2D eigenvalue weighted by molar-refractivity contribution is 0.208. The van der Waals surface area contributed by atoms with E-state index in [4.69, 9.17) is 4.74 Å². The zero-order valence-corrected chi connectivity index (χ0v) is 18.8. The van der Waals surface area contributed by atoms with Crippen molar-refractivity contribution in [1.82, 2.24) is 10.6 Å². The summed E-state index contributed by atoms with van der Waals surface area (Å²) in [7, 11) is -1.48. The number of guanidine groups is 1. The van der Waals surface area contributed by atoms with Crippen molar-refractivity contribution in [2.45, 2.75) is 56.7 Å². The third-order valence-corrected chi connectivity index (χ3v) is 6.59. The van der Waals surface area contributed by atoms with Crippen LogP contribution in [0.4, 0.5) is 0 Å². The minimum Gasteiger partial charge on any atom is -0.490 e. The fraction of sp³-hybridized carbons (Fsp3) is 0.435. The number of benzene rings is 2. The summed E-state index contributed by atoms with van der Waals surface area (Å²) in [4.78, 5) is 4.66. The summed E-state index contributed by atoms with van der Waals surface area (Å²) in [5, 5.41) is 6.62. The van der Waals surface area contributed by atoms with E-state index in [1.54, 1.807) is 13.1 Å². The van der Waals surface area contributed by atoms with Crippen molar-refractivity contribution in [2.75, 3.05) is 13.3 Å². The zero-order chi connectivity index (χ0) is 21.6. The fourth-order valence-corrected chi connectivity index (χ4v) is 4.73. The van der Waals surface area contributed by atoms with Crippen LogP contribution in [0.3, 0.4) is 0 Å². The fourth-order valence-electron chi connectivity index (χ4n) is 3.77. The first-order chi connectivity index (χ1) is 14.4. The van der Waals surface area contributed by atoms with Gasteiger partial charge in [0.25, 0.3) is 0 Å². The van der Waals surface area contributed by atoms with Crippen LogP contribution in [0.1, 0.15) is 42.4 Å². The van der Waals surface area contributed by atoms with E-state index < -0.39 is 9.84 Å². The van der Waals surface area contributed by atoms with E-state index in [1.165, 1.54) is 19.1 Å². The monoisotopic (exact) mass is 429 g/mol. The van der Waals surface area contributed by atoms with Crippen molar-refractivity contribution in [3.63, 3.8) is 0 Å². The first-order valence-electron chi connectivity index (χ1n) is 10.4. The Labute approximate surface area is 179 Å². The van der Waals surface area contributed by atoms with E-state index in [2.05, 4.69) is 21.7 Å². The number of nitrogens with zero attached hydrogens (tertiary/aromatic N) is 1. The van der Waals surface area contributed by atoms with Gasteiger partial charge >= 0.3 is 0 Å². The van der Waals surface area contributed by atoms with E-state index >= 15 is 0 Å². The van der Waals surface area contributed by atoms with Crippen LogP contribution < -0.4 is 15.4 Å². The molecule has 3 rings (SSSR count). The molecule has 0 amide bonds. The molecule has 7 heteroatoms. The van der Waals surface area contributed by atoms with Gasteiger partial charge in [-0.3, -0.25) is 4.99 Å². The van der Waals surface area contributed by atoms with Crippen LogP contribution in [0.2, 0.25) is 0 Å². The second-order valence-corrected chi connectivity index (χ2v) is 9.77. The number of ether oxygens (including phenoxy) is 1. The van der Waals surface area contributed by atoms with E-state index in [0.29, 0.717) is 30.0 Å². The van der Waals surface area contributed by atoms with E-state index in [1.807, 2.05) is 37.3 Å². The van der Waals surface area contributed by atoms with Crippen molar-refractivity contribution in [1.29, 1.82) is 0 Å². The Hall–Kier alpha value is -2.54. The molecule has 6 nitrogen and oxygen atoms in total. The lowest BCUT2D eigenvalue weighted by Gasteiger charge is -2.18. The Kier molecular flexibility index (Phi) is 7.37. The van der Waals surface area contributed by atoms with Gasteiger partial charge in [0.2, 0.25) is 0 Å². The van der Waals surface area contributed by atoms with Crippen molar-refractivity contribution in [2.24, 2.45) is 4.99 Å². The lowest BCUT2D eigenvalue weighted by atomic mass is 10.1. The van der Waals surface area contributed by atoms with Crippen LogP contribution in [-0.4, -0.2) is 33.8 Å². The van der Waals surface area contributed by atoms with Crippen molar-refractivity contribution < 1.29 is 13.2 Å². The van der Waals surface area contributed by atoms with Crippen LogP contribution in [0.15, 0.2) is 52.4 Å². The summed E-state index contributed by atoms with van der Waals surface area (Å²) in [6.07, 6.45) is 6.29. The van der Waals surface area contributed by atoms with E-state index in [9.17, 15) is 8.42 Å². The standard InChI is InChI=1S/C23H31N3O3S/c1-17-14-18(12-13-22(17)30(3,27)28)15-25-23(24-2)26-16-19-8-4-7-11-21(19)29-20-9-5-6-10-20/h4,7-8,11-14,20H,5-6,9-10,15-16H2,1-3H3,(H2,24,25,26). The van der Waals surface area contributed by atoms with Gasteiger partial charge in [-0.1, -0.05) is 30.3 Å². The Bertz CT molecular complexity index is 997. The molecule has 30 heavy (non-hydrogen) atoms. The Balaban J connectivity index is 1.57. The molecule has 0 atom stereocenters. The maximum atomic E-state index is 11.8. The minimum atomic E-state index is -3.21. The number of sulfone groups is 1. The normalized spacial score (nSPS) is 15.2. The first-order valence-corrected chi connectivity index (χ1v) is 12.2. The summed E-state index contributed by atoms with van der Waals surface area (Å²) in [5.74, 6) is 1.61. The molecule has 1 saturated carbocycles. The van der Waals surface area contributed by atoms with E-state index in [-0.39, 0.29) is 0 Å². The first kappa shape index (κ1) is 22.2. The molecule has 0 unspecified atom stereocenters. The molecule has 1 aliphatic carbocycles. The quantitative estimate of drug-likeness (QED) is 0.519. The second kappa shape index (κ2) is 9.98. The maximum Gasteiger partial charge on any atom is 0.191 e. The van der Waals surface area contributed by atoms with Crippen LogP contribution >= 0.6 is 0 Å². The molecule has 2 aromatic carbocycles. The molecule has 0 saturated heterocycles. The van der Waals surface area contributed by atoms with Gasteiger partial charge in [-0.05, 0) is 55.9 Å². The van der Waals surface area contributed by atoms with Crippen LogP contribution in [-0.2, 0) is 22.9 Å². The molecule has 2 N–H and O–H groups in total. The summed E-state index contributed by atoms with van der Waals surface area (Å²) in [6, 6.07) is 13.5. The molecule has 1 fully saturated rings. The second-order valence-electron chi connectivity index (χ2n) is 7.78. The third-order valence-electron chi connectivity index (χ3n) is 5.34. The van der Waals surface area contributed by atoms with Crippen molar-refractivity contribution >= 4 is 15.8 Å². The Morgan fingerprint density at radius 2 is 1.80 bits per heavy atom. The van der Waals surface area contributed by atoms with E-state index in [0.717, 1.165) is 35.3 Å². The summed E-state index contributed by atoms with van der Waals surface area (Å²) in [5.41, 5.74) is 2.84. The molecule has 0 spiro atoms. The molecule has 0 radical (unpaired) electrons. The van der Waals surface area contributed by atoms with Gasteiger partial charge in [-0.15, -0.1) is 0 Å². The highest BCUT2D eigenvalue weighted by Gasteiger charge is 2.18. The van der Waals surface area contributed by atoms with Crippen LogP contribution in [0.25, 0.3) is 0 Å². The molecular formula is C23H31N3O3S. The number of nitrogens with one attached hydrogen (secondary N) is 2. The number of hydrogen-bond donors (Lipinski definition) is 2. The van der Waals surface area contributed by atoms with Crippen LogP contribution in [0, 0.1) is 6.92 Å². The number of aryl methyl sites for hydroxylation is 1. The van der Waals surface area contributed by atoms with Gasteiger partial charge in [0.1, 0.15) is 5.75 Å². The minimum absolute atomic E-state index is 0.321. The third kappa shape index (κ3) is 5.98. The van der Waals surface area contributed by atoms with Crippen molar-refractivity contribution in [3.8, 4) is 5.75 Å². The van der Waals surface area contributed by atoms with Crippen molar-refractivity contribution in [3.05, 3.63) is 59.2 Å². The largest absolute Gasteiger partial charge is 0.490 e. The average molecular weight is 430 g/mol. The maximum absolute atomic E-state index is 11.8. The van der Waals surface area contributed by atoms with Gasteiger partial charge in [0, 0.05) is 32.0 Å². The highest BCUT2D eigenvalue weighted by atomic mass is 32.2. The molecule has 162 valence electrons. The van der Waals surface area contributed by atoms with Gasteiger partial charge in [0.05, 0.1) is 11.0 Å². The van der Waals surface area contributed by atoms with Crippen LogP contribution in [0.5, 0.6) is 5.75 Å². The zero-order valence-electron chi connectivity index (χ0n) is 17.9. The average Bonchev–Trinajstić information content (AvgIpc) is 3.21. The molecule has 0 bridgehead atoms. The summed E-state index contributed by atoms with van der Waals surface area (Å²) < 4.78 is 29.8. The number of para-hydroxylation sites is 1. The smallest absolute Gasteiger partial charge is 0.191 e. The SMILES string of the molecule is CN=C(NCc1ccc(S(C)(=O)=O)c(C)c1)NCc1ccccc1OC1CCCC1. The number of hydrogen-bond acceptors (Lipinski definition) is 4. The molecule has 0 heterocycles. The van der Waals surface area contributed by atoms with Gasteiger partial charge in [-0.25, -0.2) is 8.42 Å². The Morgan fingerprint density at radius 3 is 2.47 bits per heavy atom. The Morgan fingerprint density at radius 1 is 1.10 bits per heavy atom. The molecule has 2 aromatic rings. The van der Waals surface area contributed by atoms with Gasteiger partial charge < -0.3 is 15.4 Å². The summed E-state index contributed by atoms with van der Waals surface area (Å²) >= 11 is 0. The molecule has 0 aliphatic heterocycles. The molecule has 0 aromatic heterocycles. The number of rotatable bonds is 7.